The van der Waals surface area contributed by atoms with Crippen LogP contribution in [0.15, 0.2) is 54.7 Å². The third-order valence-electron chi connectivity index (χ3n) is 4.74. The quantitative estimate of drug-likeness (QED) is 0.678. The number of nitrogens with zero attached hydrogens (tertiary/aromatic N) is 2. The Labute approximate surface area is 140 Å². The van der Waals surface area contributed by atoms with Crippen LogP contribution in [0, 0.1) is 6.92 Å². The number of benzene rings is 2. The monoisotopic (exact) mass is 318 g/mol. The van der Waals surface area contributed by atoms with Crippen LogP contribution >= 0.6 is 0 Å². The Morgan fingerprint density at radius 2 is 1.71 bits per heavy atom. The summed E-state index contributed by atoms with van der Waals surface area (Å²) in [5, 5.41) is 1.04. The van der Waals surface area contributed by atoms with Gasteiger partial charge in [-0.05, 0) is 30.7 Å². The molecule has 4 nitrogen and oxygen atoms in total. The second-order valence-corrected chi connectivity index (χ2v) is 6.37. The van der Waals surface area contributed by atoms with Crippen LogP contribution in [-0.2, 0) is 16.6 Å². The van der Waals surface area contributed by atoms with Gasteiger partial charge in [0.05, 0.1) is 11.6 Å². The van der Waals surface area contributed by atoms with Crippen molar-refractivity contribution in [2.75, 3.05) is 4.90 Å². The summed E-state index contributed by atoms with van der Waals surface area (Å²) >= 11 is 0. The van der Waals surface area contributed by atoms with Crippen LogP contribution in [0.5, 0.6) is 0 Å². The maximum atomic E-state index is 13.0. The molecule has 0 radical (unpaired) electrons. The van der Waals surface area contributed by atoms with E-state index in [1.54, 1.807) is 0 Å². The van der Waals surface area contributed by atoms with E-state index in [0.717, 1.165) is 22.0 Å². The van der Waals surface area contributed by atoms with E-state index in [2.05, 4.69) is 0 Å². The molecule has 1 aromatic heterocycles. The van der Waals surface area contributed by atoms with Gasteiger partial charge in [-0.2, -0.15) is 0 Å². The Morgan fingerprint density at radius 1 is 1.00 bits per heavy atom. The minimum absolute atomic E-state index is 0.137. The Bertz CT molecular complexity index is 953. The van der Waals surface area contributed by atoms with Crippen LogP contribution in [0.4, 0.5) is 5.69 Å². The molecule has 1 atom stereocenters. The molecule has 0 aliphatic carbocycles. The second kappa shape index (κ2) is 5.34. The van der Waals surface area contributed by atoms with Crippen molar-refractivity contribution < 1.29 is 9.59 Å². The van der Waals surface area contributed by atoms with E-state index in [0.29, 0.717) is 5.69 Å². The summed E-state index contributed by atoms with van der Waals surface area (Å²) in [5.41, 5.74) is 3.75. The third-order valence-corrected chi connectivity index (χ3v) is 4.74. The van der Waals surface area contributed by atoms with E-state index in [1.807, 2.05) is 73.3 Å². The molecule has 120 valence electrons. The van der Waals surface area contributed by atoms with Gasteiger partial charge in [0.1, 0.15) is 0 Å². The van der Waals surface area contributed by atoms with Gasteiger partial charge in [-0.15, -0.1) is 0 Å². The summed E-state index contributed by atoms with van der Waals surface area (Å²) in [6.45, 7) is 1.98. The molecule has 1 aliphatic rings. The molecule has 3 aromatic rings. The standard InChI is InChI=1S/C20H18N2O2/c1-13-7-9-14(10-8-13)22-19(23)11-16(20(22)24)17-12-21(2)18-6-4-3-5-15(17)18/h3-10,12,16H,11H2,1-2H3/t16-/m0/s1. The number of para-hydroxylation sites is 1. The number of fused-ring (bicyclic) bond motifs is 1. The molecule has 2 heterocycles. The summed E-state index contributed by atoms with van der Waals surface area (Å²) in [6, 6.07) is 15.5. The average molecular weight is 318 g/mol. The number of hydrogen-bond donors (Lipinski definition) is 0. The van der Waals surface area contributed by atoms with Crippen LogP contribution in [-0.4, -0.2) is 16.4 Å². The van der Waals surface area contributed by atoms with Gasteiger partial charge in [-0.25, -0.2) is 0 Å². The van der Waals surface area contributed by atoms with E-state index in [1.165, 1.54) is 4.90 Å². The van der Waals surface area contributed by atoms with Gasteiger partial charge in [-0.3, -0.25) is 14.5 Å². The molecule has 2 aromatic carbocycles. The minimum atomic E-state index is -0.412. The van der Waals surface area contributed by atoms with Gasteiger partial charge in [0, 0.05) is 30.6 Å². The van der Waals surface area contributed by atoms with Crippen molar-refractivity contribution in [1.82, 2.24) is 4.57 Å². The maximum Gasteiger partial charge on any atom is 0.241 e. The molecular weight excluding hydrogens is 300 g/mol. The van der Waals surface area contributed by atoms with Crippen LogP contribution in [0.25, 0.3) is 10.9 Å². The van der Waals surface area contributed by atoms with E-state index >= 15 is 0 Å². The van der Waals surface area contributed by atoms with Gasteiger partial charge in [0.15, 0.2) is 0 Å². The highest BCUT2D eigenvalue weighted by Crippen LogP contribution is 2.37. The highest BCUT2D eigenvalue weighted by atomic mass is 16.2. The molecule has 0 spiro atoms. The summed E-state index contributed by atoms with van der Waals surface area (Å²) < 4.78 is 2.01. The first-order valence-corrected chi connectivity index (χ1v) is 8.03. The van der Waals surface area contributed by atoms with Gasteiger partial charge >= 0.3 is 0 Å². The molecule has 4 heteroatoms. The molecular formula is C20H18N2O2. The van der Waals surface area contributed by atoms with E-state index in [9.17, 15) is 9.59 Å². The number of imide groups is 1. The summed E-state index contributed by atoms with van der Waals surface area (Å²) in [7, 11) is 1.96. The zero-order chi connectivity index (χ0) is 16.8. The zero-order valence-electron chi connectivity index (χ0n) is 13.7. The number of carbonyl (C=O) groups is 2. The lowest BCUT2D eigenvalue weighted by atomic mass is 9.97. The van der Waals surface area contributed by atoms with E-state index in [-0.39, 0.29) is 18.2 Å². The number of aryl methyl sites for hydroxylation is 2. The third kappa shape index (κ3) is 2.14. The van der Waals surface area contributed by atoms with Gasteiger partial charge in [-0.1, -0.05) is 35.9 Å². The van der Waals surface area contributed by atoms with Crippen LogP contribution in [0.3, 0.4) is 0 Å². The molecule has 2 amide bonds. The first-order chi connectivity index (χ1) is 11.6. The number of carbonyl (C=O) groups excluding carboxylic acids is 2. The summed E-state index contributed by atoms with van der Waals surface area (Å²) in [5.74, 6) is -0.688. The SMILES string of the molecule is Cc1ccc(N2C(=O)C[C@@H](c3cn(C)c4ccccc34)C2=O)cc1. The smallest absolute Gasteiger partial charge is 0.241 e. The van der Waals surface area contributed by atoms with Crippen molar-refractivity contribution in [3.63, 3.8) is 0 Å². The fraction of sp³-hybridized carbons (Fsp3) is 0.200. The van der Waals surface area contributed by atoms with Crippen molar-refractivity contribution in [2.24, 2.45) is 7.05 Å². The van der Waals surface area contributed by atoms with Crippen molar-refractivity contribution in [3.05, 3.63) is 65.9 Å². The molecule has 1 fully saturated rings. The fourth-order valence-electron chi connectivity index (χ4n) is 3.49. The Kier molecular flexibility index (Phi) is 3.27. The summed E-state index contributed by atoms with van der Waals surface area (Å²) in [4.78, 5) is 26.8. The van der Waals surface area contributed by atoms with Gasteiger partial charge in [0.2, 0.25) is 11.8 Å². The highest BCUT2D eigenvalue weighted by molar-refractivity contribution is 6.23. The molecule has 0 unspecified atom stereocenters. The lowest BCUT2D eigenvalue weighted by molar-refractivity contribution is -0.121. The lowest BCUT2D eigenvalue weighted by Crippen LogP contribution is -2.29. The predicted molar refractivity (Wildman–Crippen MR) is 93.9 cm³/mol. The van der Waals surface area contributed by atoms with Crippen LogP contribution in [0.1, 0.15) is 23.5 Å². The number of rotatable bonds is 2. The highest BCUT2D eigenvalue weighted by Gasteiger charge is 2.41. The van der Waals surface area contributed by atoms with Crippen LogP contribution in [0.2, 0.25) is 0 Å². The predicted octanol–water partition coefficient (Wildman–Crippen LogP) is 3.53. The minimum Gasteiger partial charge on any atom is -0.350 e. The van der Waals surface area contributed by atoms with Gasteiger partial charge < -0.3 is 4.57 Å². The number of aromatic nitrogens is 1. The van der Waals surface area contributed by atoms with Crippen molar-refractivity contribution >= 4 is 28.4 Å². The first kappa shape index (κ1) is 14.7. The molecule has 0 saturated carbocycles. The fourth-order valence-corrected chi connectivity index (χ4v) is 3.49. The van der Waals surface area contributed by atoms with E-state index < -0.39 is 5.92 Å². The zero-order valence-corrected chi connectivity index (χ0v) is 13.7. The Hall–Kier alpha value is -2.88. The topological polar surface area (TPSA) is 42.3 Å². The van der Waals surface area contributed by atoms with Crippen molar-refractivity contribution in [1.29, 1.82) is 0 Å². The van der Waals surface area contributed by atoms with Crippen LogP contribution < -0.4 is 4.90 Å². The lowest BCUT2D eigenvalue weighted by Gasteiger charge is -2.15. The first-order valence-electron chi connectivity index (χ1n) is 8.03. The summed E-state index contributed by atoms with van der Waals surface area (Å²) in [6.07, 6.45) is 2.19. The molecule has 24 heavy (non-hydrogen) atoms. The largest absolute Gasteiger partial charge is 0.350 e. The Morgan fingerprint density at radius 3 is 2.46 bits per heavy atom. The molecule has 0 bridgehead atoms. The molecule has 1 saturated heterocycles. The molecule has 1 aliphatic heterocycles. The maximum absolute atomic E-state index is 13.0. The van der Waals surface area contributed by atoms with E-state index in [4.69, 9.17) is 0 Å². The average Bonchev–Trinajstić information content (AvgIpc) is 3.06. The molecule has 0 N–H and O–H groups in total. The normalized spacial score (nSPS) is 17.9. The Balaban J connectivity index is 1.76. The molecule has 4 rings (SSSR count). The number of hydrogen-bond acceptors (Lipinski definition) is 2. The number of amides is 2. The van der Waals surface area contributed by atoms with Crippen molar-refractivity contribution in [2.45, 2.75) is 19.3 Å². The van der Waals surface area contributed by atoms with Gasteiger partial charge in [0.25, 0.3) is 0 Å². The van der Waals surface area contributed by atoms with Crippen molar-refractivity contribution in [3.8, 4) is 0 Å². The number of anilines is 1. The second-order valence-electron chi connectivity index (χ2n) is 6.37.